The molecule has 0 unspecified atom stereocenters. The second kappa shape index (κ2) is 21.9. The fraction of sp³-hybridized carbons (Fsp3) is 0.538. The molecule has 290 valence electrons. The van der Waals surface area contributed by atoms with Crippen molar-refractivity contribution < 1.29 is 33.9 Å². The molecule has 3 rings (SSSR count). The molecule has 2 aromatic carbocycles. The first kappa shape index (κ1) is 43.0. The topological polar surface area (TPSA) is 195 Å². The number of thioether (sulfide) groups is 1. The van der Waals surface area contributed by atoms with Gasteiger partial charge >= 0.3 is 5.97 Å². The van der Waals surface area contributed by atoms with Gasteiger partial charge in [0.15, 0.2) is 0 Å². The second-order valence-corrected chi connectivity index (χ2v) is 15.2. The van der Waals surface area contributed by atoms with E-state index in [1.807, 2.05) is 68.6 Å². The van der Waals surface area contributed by atoms with E-state index >= 15 is 0 Å². The molecule has 0 saturated carbocycles. The van der Waals surface area contributed by atoms with E-state index in [0.29, 0.717) is 18.7 Å². The first-order valence-corrected chi connectivity index (χ1v) is 19.7. The molecule has 1 fully saturated rings. The number of carboxylic acids is 1. The molecule has 1 saturated heterocycles. The van der Waals surface area contributed by atoms with Gasteiger partial charge < -0.3 is 37.0 Å². The largest absolute Gasteiger partial charge is 0.480 e. The predicted octanol–water partition coefficient (Wildman–Crippen LogP) is 2.19. The van der Waals surface area contributed by atoms with Crippen LogP contribution in [0.1, 0.15) is 64.5 Å². The number of benzene rings is 2. The van der Waals surface area contributed by atoms with E-state index in [2.05, 4.69) is 31.9 Å². The fourth-order valence-electron chi connectivity index (χ4n) is 6.09. The molecule has 0 aromatic heterocycles. The predicted molar refractivity (Wildman–Crippen MR) is 206 cm³/mol. The summed E-state index contributed by atoms with van der Waals surface area (Å²) >= 11 is 1.46. The van der Waals surface area contributed by atoms with E-state index in [1.165, 1.54) is 11.8 Å². The number of rotatable bonds is 21. The molecule has 0 bridgehead atoms. The molecular formula is C39H56N6O7S. The van der Waals surface area contributed by atoms with Crippen LogP contribution in [0.2, 0.25) is 0 Å². The third-order valence-electron chi connectivity index (χ3n) is 9.02. The van der Waals surface area contributed by atoms with Crippen molar-refractivity contribution in [2.45, 2.75) is 102 Å². The van der Waals surface area contributed by atoms with E-state index in [1.54, 1.807) is 26.0 Å². The van der Waals surface area contributed by atoms with Crippen LogP contribution in [0.3, 0.4) is 0 Å². The number of aliphatic carboxylic acids is 1. The summed E-state index contributed by atoms with van der Waals surface area (Å²) in [6, 6.07) is 12.5. The van der Waals surface area contributed by atoms with Crippen molar-refractivity contribution in [1.82, 2.24) is 31.9 Å². The Balaban J connectivity index is 1.83. The van der Waals surface area contributed by atoms with Crippen molar-refractivity contribution in [3.63, 3.8) is 0 Å². The zero-order chi connectivity index (χ0) is 38.9. The molecule has 13 nitrogen and oxygen atoms in total. The highest BCUT2D eigenvalue weighted by Crippen LogP contribution is 2.13. The molecule has 0 radical (unpaired) electrons. The lowest BCUT2D eigenvalue weighted by atomic mass is 9.98. The van der Waals surface area contributed by atoms with Gasteiger partial charge in [-0.25, -0.2) is 4.79 Å². The molecule has 1 heterocycles. The maximum Gasteiger partial charge on any atom is 0.326 e. The normalized spacial score (nSPS) is 16.8. The summed E-state index contributed by atoms with van der Waals surface area (Å²) in [4.78, 5) is 80.2. The van der Waals surface area contributed by atoms with Crippen molar-refractivity contribution >= 4 is 47.3 Å². The van der Waals surface area contributed by atoms with E-state index in [-0.39, 0.29) is 37.5 Å². The number of hydrogen-bond donors (Lipinski definition) is 7. The van der Waals surface area contributed by atoms with Crippen LogP contribution in [-0.2, 0) is 41.6 Å². The number of nitrogens with one attached hydrogen (secondary N) is 6. The summed E-state index contributed by atoms with van der Waals surface area (Å²) in [5, 5.41) is 26.7. The molecule has 5 amide bonds. The van der Waals surface area contributed by atoms with Crippen LogP contribution in [0.5, 0.6) is 0 Å². The molecule has 6 atom stereocenters. The van der Waals surface area contributed by atoms with Crippen LogP contribution < -0.4 is 31.9 Å². The zero-order valence-electron chi connectivity index (χ0n) is 31.4. The van der Waals surface area contributed by atoms with Crippen molar-refractivity contribution in [3.05, 3.63) is 71.8 Å². The van der Waals surface area contributed by atoms with Crippen molar-refractivity contribution in [2.75, 3.05) is 18.6 Å². The van der Waals surface area contributed by atoms with Gasteiger partial charge in [0.1, 0.15) is 30.2 Å². The number of carboxylic acid groups (broad SMARTS) is 1. The maximum absolute atomic E-state index is 14.0. The van der Waals surface area contributed by atoms with E-state index in [0.717, 1.165) is 17.5 Å². The van der Waals surface area contributed by atoms with Gasteiger partial charge in [0.05, 0.1) is 6.04 Å². The monoisotopic (exact) mass is 752 g/mol. The molecule has 1 aliphatic rings. The van der Waals surface area contributed by atoms with E-state index < -0.39 is 71.8 Å². The second-order valence-electron chi connectivity index (χ2n) is 14.3. The molecule has 7 N–H and O–H groups in total. The van der Waals surface area contributed by atoms with E-state index in [4.69, 9.17) is 0 Å². The highest BCUT2D eigenvalue weighted by atomic mass is 32.2. The fourth-order valence-corrected chi connectivity index (χ4v) is 6.56. The zero-order valence-corrected chi connectivity index (χ0v) is 32.2. The Bertz CT molecular complexity index is 1500. The summed E-state index contributed by atoms with van der Waals surface area (Å²) in [6.45, 7) is 8.01. The SMILES string of the molecule is CSCC[C@H](NC(=O)[C@H](CC(C)C)NC(=O)[C@H](Cc1ccccc1)NC(=O)[C@@H](NC(=O)[C@H](Cc1ccccc1)NC(=O)[C@@H]1CCCN1)C(C)C)C(=O)O. The lowest BCUT2D eigenvalue weighted by molar-refractivity contribution is -0.142. The van der Waals surface area contributed by atoms with Gasteiger partial charge in [-0.1, -0.05) is 88.4 Å². The van der Waals surface area contributed by atoms with Crippen LogP contribution in [-0.4, -0.2) is 95.4 Å². The first-order valence-electron chi connectivity index (χ1n) is 18.3. The molecule has 0 spiro atoms. The van der Waals surface area contributed by atoms with Gasteiger partial charge in [-0.2, -0.15) is 11.8 Å². The van der Waals surface area contributed by atoms with Gasteiger partial charge in [0.25, 0.3) is 0 Å². The van der Waals surface area contributed by atoms with E-state index in [9.17, 15) is 33.9 Å². The number of carbonyl (C=O) groups is 6. The minimum absolute atomic E-state index is 0.0306. The van der Waals surface area contributed by atoms with Gasteiger partial charge in [0.2, 0.25) is 29.5 Å². The first-order chi connectivity index (χ1) is 25.3. The Kier molecular flexibility index (Phi) is 17.8. The van der Waals surface area contributed by atoms with Gasteiger partial charge in [-0.3, -0.25) is 24.0 Å². The number of carbonyl (C=O) groups excluding carboxylic acids is 5. The Morgan fingerprint density at radius 1 is 0.717 bits per heavy atom. The number of amides is 5. The standard InChI is InChI=1S/C39H56N6O7S/c1-24(2)21-30(35(47)41-29(39(51)52)18-20-53-5)42-36(48)31(22-26-13-8-6-9-14-26)44-38(50)33(25(3)4)45-37(49)32(23-27-15-10-7-11-16-27)43-34(46)28-17-12-19-40-28/h6-11,13-16,24-25,28-33,40H,12,17-23H2,1-5H3,(H,41,47)(H,42,48)(H,43,46)(H,44,50)(H,45,49)(H,51,52)/t28-,29-,30-,31-,32-,33-/m0/s1. The van der Waals surface area contributed by atoms with Crippen molar-refractivity contribution in [2.24, 2.45) is 11.8 Å². The highest BCUT2D eigenvalue weighted by molar-refractivity contribution is 7.98. The summed E-state index contributed by atoms with van der Waals surface area (Å²) < 4.78 is 0. The van der Waals surface area contributed by atoms with Crippen LogP contribution in [0.4, 0.5) is 0 Å². The van der Waals surface area contributed by atoms with Crippen LogP contribution >= 0.6 is 11.8 Å². The lowest BCUT2D eigenvalue weighted by Gasteiger charge is -2.29. The van der Waals surface area contributed by atoms with Crippen molar-refractivity contribution in [3.8, 4) is 0 Å². The molecule has 0 aliphatic carbocycles. The molecule has 1 aliphatic heterocycles. The lowest BCUT2D eigenvalue weighted by Crippen LogP contribution is -2.61. The average Bonchev–Trinajstić information content (AvgIpc) is 3.67. The minimum Gasteiger partial charge on any atom is -0.480 e. The minimum atomic E-state index is -1.17. The molecule has 14 heteroatoms. The molecular weight excluding hydrogens is 697 g/mol. The summed E-state index contributed by atoms with van der Waals surface area (Å²) in [5.74, 6) is -3.78. The van der Waals surface area contributed by atoms with Crippen LogP contribution in [0, 0.1) is 11.8 Å². The molecule has 53 heavy (non-hydrogen) atoms. The Morgan fingerprint density at radius 3 is 1.72 bits per heavy atom. The summed E-state index contributed by atoms with van der Waals surface area (Å²) in [6.07, 6.45) is 4.08. The third kappa shape index (κ3) is 14.5. The quantitative estimate of drug-likeness (QED) is 0.100. The Morgan fingerprint density at radius 2 is 1.23 bits per heavy atom. The van der Waals surface area contributed by atoms with Crippen LogP contribution in [0.15, 0.2) is 60.7 Å². The van der Waals surface area contributed by atoms with Gasteiger partial charge in [-0.15, -0.1) is 0 Å². The van der Waals surface area contributed by atoms with Gasteiger partial charge in [-0.05, 0) is 67.2 Å². The number of hydrogen-bond acceptors (Lipinski definition) is 8. The Labute approximate surface area is 317 Å². The highest BCUT2D eigenvalue weighted by Gasteiger charge is 2.35. The third-order valence-corrected chi connectivity index (χ3v) is 9.66. The Hall–Kier alpha value is -4.43. The van der Waals surface area contributed by atoms with Crippen molar-refractivity contribution in [1.29, 1.82) is 0 Å². The van der Waals surface area contributed by atoms with Crippen LogP contribution in [0.25, 0.3) is 0 Å². The summed E-state index contributed by atoms with van der Waals surface area (Å²) in [7, 11) is 0. The summed E-state index contributed by atoms with van der Waals surface area (Å²) in [5.41, 5.74) is 1.58. The maximum atomic E-state index is 14.0. The smallest absolute Gasteiger partial charge is 0.326 e. The van der Waals surface area contributed by atoms with Gasteiger partial charge in [0, 0.05) is 12.8 Å². The molecule has 2 aromatic rings. The average molecular weight is 753 g/mol.